The summed E-state index contributed by atoms with van der Waals surface area (Å²) in [6, 6.07) is 12.1. The van der Waals surface area contributed by atoms with Crippen LogP contribution in [0, 0.1) is 20.8 Å². The van der Waals surface area contributed by atoms with Crippen LogP contribution in [-0.4, -0.2) is 31.9 Å². The first-order valence-corrected chi connectivity index (χ1v) is 10.2. The van der Waals surface area contributed by atoms with Crippen LogP contribution >= 0.6 is 11.8 Å². The normalized spacial score (nSPS) is 11.1. The monoisotopic (exact) mass is 395 g/mol. The van der Waals surface area contributed by atoms with Gasteiger partial charge in [0.05, 0.1) is 11.4 Å². The Hall–Kier alpha value is -2.67. The lowest BCUT2D eigenvalue weighted by Gasteiger charge is -2.16. The molecule has 1 N–H and O–H groups in total. The molecule has 3 aromatic rings. The average Bonchev–Trinajstić information content (AvgIpc) is 3.12. The number of hydrogen-bond acceptors (Lipinski definition) is 5. The summed E-state index contributed by atoms with van der Waals surface area (Å²) in [7, 11) is 0. The van der Waals surface area contributed by atoms with Crippen LogP contribution in [-0.2, 0) is 4.79 Å². The molecule has 2 aromatic carbocycles. The number of aromatic nitrogens is 4. The Labute approximate surface area is 169 Å². The number of benzene rings is 2. The number of amides is 1. The summed E-state index contributed by atoms with van der Waals surface area (Å²) in [4.78, 5) is 12.6. The molecule has 0 aliphatic carbocycles. The molecule has 0 saturated carbocycles. The lowest BCUT2D eigenvalue weighted by molar-refractivity contribution is -0.113. The molecule has 1 amide bonds. The van der Waals surface area contributed by atoms with E-state index in [4.69, 9.17) is 0 Å². The molecule has 0 atom stereocenters. The fraction of sp³-hybridized carbons (Fsp3) is 0.333. The second-order valence-corrected chi connectivity index (χ2v) is 8.07. The molecule has 3 rings (SSSR count). The fourth-order valence-corrected chi connectivity index (χ4v) is 3.72. The lowest BCUT2D eigenvalue weighted by atomic mass is 9.98. The van der Waals surface area contributed by atoms with Gasteiger partial charge >= 0.3 is 0 Å². The van der Waals surface area contributed by atoms with Crippen molar-refractivity contribution in [1.29, 1.82) is 0 Å². The molecule has 0 unspecified atom stereocenters. The van der Waals surface area contributed by atoms with Crippen LogP contribution in [0.4, 0.5) is 5.69 Å². The van der Waals surface area contributed by atoms with Gasteiger partial charge in [-0.25, -0.2) is 0 Å². The van der Waals surface area contributed by atoms with Gasteiger partial charge in [0, 0.05) is 5.69 Å². The summed E-state index contributed by atoms with van der Waals surface area (Å²) in [5.74, 6) is 0.494. The number of hydrogen-bond donors (Lipinski definition) is 1. The summed E-state index contributed by atoms with van der Waals surface area (Å²) in [5, 5.41) is 15.6. The van der Waals surface area contributed by atoms with Gasteiger partial charge in [0.25, 0.3) is 0 Å². The maximum absolute atomic E-state index is 12.6. The highest BCUT2D eigenvalue weighted by atomic mass is 32.2. The smallest absolute Gasteiger partial charge is 0.234 e. The number of carbonyl (C=O) groups is 1. The summed E-state index contributed by atoms with van der Waals surface area (Å²) in [6.07, 6.45) is 0. The number of nitrogens with one attached hydrogen (secondary N) is 1. The van der Waals surface area contributed by atoms with Crippen LogP contribution in [0.3, 0.4) is 0 Å². The Morgan fingerprint density at radius 2 is 1.82 bits per heavy atom. The zero-order valence-electron chi connectivity index (χ0n) is 16.9. The molecule has 0 saturated heterocycles. The summed E-state index contributed by atoms with van der Waals surface area (Å²) < 4.78 is 1.69. The number of tetrazole rings is 1. The van der Waals surface area contributed by atoms with Crippen molar-refractivity contribution in [2.75, 3.05) is 11.1 Å². The van der Waals surface area contributed by atoms with Crippen molar-refractivity contribution in [1.82, 2.24) is 20.2 Å². The first-order chi connectivity index (χ1) is 13.4. The third-order valence-electron chi connectivity index (χ3n) is 4.77. The molecule has 1 heterocycles. The van der Waals surface area contributed by atoms with Gasteiger partial charge in [-0.1, -0.05) is 55.9 Å². The second-order valence-electron chi connectivity index (χ2n) is 7.12. The zero-order chi connectivity index (χ0) is 20.3. The van der Waals surface area contributed by atoms with Crippen LogP contribution in [0.1, 0.15) is 42.0 Å². The SMILES string of the molecule is Cc1cccc(-n2nnnc2SCC(=O)Nc2c(C)cccc2C(C)C)c1C. The summed E-state index contributed by atoms with van der Waals surface area (Å²) >= 11 is 1.33. The predicted molar refractivity (Wildman–Crippen MR) is 113 cm³/mol. The molecule has 0 aliphatic heterocycles. The van der Waals surface area contributed by atoms with Crippen LogP contribution in [0.15, 0.2) is 41.6 Å². The van der Waals surface area contributed by atoms with Crippen LogP contribution in [0.5, 0.6) is 0 Å². The van der Waals surface area contributed by atoms with E-state index in [0.29, 0.717) is 11.1 Å². The van der Waals surface area contributed by atoms with Crippen molar-refractivity contribution in [3.05, 3.63) is 58.7 Å². The molecule has 0 radical (unpaired) electrons. The zero-order valence-corrected chi connectivity index (χ0v) is 17.7. The minimum Gasteiger partial charge on any atom is -0.325 e. The molecule has 0 fully saturated rings. The van der Waals surface area contributed by atoms with E-state index in [-0.39, 0.29) is 11.7 Å². The van der Waals surface area contributed by atoms with Gasteiger partial charge in [-0.2, -0.15) is 4.68 Å². The van der Waals surface area contributed by atoms with Crippen molar-refractivity contribution in [2.45, 2.75) is 45.7 Å². The molecule has 28 heavy (non-hydrogen) atoms. The Bertz CT molecular complexity index is 996. The molecule has 0 spiro atoms. The topological polar surface area (TPSA) is 72.7 Å². The summed E-state index contributed by atoms with van der Waals surface area (Å²) in [6.45, 7) is 10.3. The first kappa shape index (κ1) is 20.1. The highest BCUT2D eigenvalue weighted by Crippen LogP contribution is 2.28. The maximum Gasteiger partial charge on any atom is 0.234 e. The average molecular weight is 396 g/mol. The van der Waals surface area contributed by atoms with Crippen molar-refractivity contribution in [2.24, 2.45) is 0 Å². The number of para-hydroxylation sites is 1. The number of aryl methyl sites for hydroxylation is 2. The number of thioether (sulfide) groups is 1. The predicted octanol–water partition coefficient (Wildman–Crippen LogP) is 4.44. The highest BCUT2D eigenvalue weighted by Gasteiger charge is 2.16. The summed E-state index contributed by atoms with van der Waals surface area (Å²) in [5.41, 5.74) is 6.31. The highest BCUT2D eigenvalue weighted by molar-refractivity contribution is 7.99. The number of rotatable bonds is 6. The number of anilines is 1. The quantitative estimate of drug-likeness (QED) is 0.625. The van der Waals surface area contributed by atoms with E-state index in [1.165, 1.54) is 17.3 Å². The van der Waals surface area contributed by atoms with Gasteiger partial charge < -0.3 is 5.32 Å². The van der Waals surface area contributed by atoms with Gasteiger partial charge in [0.1, 0.15) is 0 Å². The molecule has 0 bridgehead atoms. The Kier molecular flexibility index (Phi) is 6.14. The van der Waals surface area contributed by atoms with Gasteiger partial charge in [0.15, 0.2) is 0 Å². The van der Waals surface area contributed by atoms with Crippen LogP contribution < -0.4 is 5.32 Å². The minimum absolute atomic E-state index is 0.0725. The molecule has 7 heteroatoms. The van der Waals surface area contributed by atoms with Crippen molar-refractivity contribution in [3.8, 4) is 5.69 Å². The number of nitrogens with zero attached hydrogens (tertiary/aromatic N) is 4. The number of carbonyl (C=O) groups excluding carboxylic acids is 1. The minimum atomic E-state index is -0.0725. The van der Waals surface area contributed by atoms with Crippen LogP contribution in [0.2, 0.25) is 0 Å². The molecule has 0 aliphatic rings. The van der Waals surface area contributed by atoms with Gasteiger partial charge in [-0.15, -0.1) is 5.10 Å². The van der Waals surface area contributed by atoms with E-state index in [2.05, 4.69) is 53.7 Å². The molecular weight excluding hydrogens is 370 g/mol. The van der Waals surface area contributed by atoms with Crippen molar-refractivity contribution in [3.63, 3.8) is 0 Å². The van der Waals surface area contributed by atoms with E-state index >= 15 is 0 Å². The second kappa shape index (κ2) is 8.56. The van der Waals surface area contributed by atoms with E-state index in [9.17, 15) is 4.79 Å². The first-order valence-electron chi connectivity index (χ1n) is 9.25. The molecule has 1 aromatic heterocycles. The van der Waals surface area contributed by atoms with E-state index in [1.807, 2.05) is 38.1 Å². The largest absolute Gasteiger partial charge is 0.325 e. The Balaban J connectivity index is 1.74. The maximum atomic E-state index is 12.6. The van der Waals surface area contributed by atoms with E-state index in [1.54, 1.807) is 4.68 Å². The van der Waals surface area contributed by atoms with Gasteiger partial charge in [0.2, 0.25) is 11.1 Å². The Morgan fingerprint density at radius 3 is 2.57 bits per heavy atom. The van der Waals surface area contributed by atoms with Gasteiger partial charge in [-0.3, -0.25) is 4.79 Å². The molecule has 6 nitrogen and oxygen atoms in total. The standard InChI is InChI=1S/C21H25N5OS/c1-13(2)17-10-6-9-15(4)20(17)22-19(27)12-28-21-23-24-25-26(21)18-11-7-8-14(3)16(18)5/h6-11,13H,12H2,1-5H3,(H,22,27). The molecular formula is C21H25N5OS. The third-order valence-corrected chi connectivity index (χ3v) is 5.69. The van der Waals surface area contributed by atoms with E-state index in [0.717, 1.165) is 28.1 Å². The Morgan fingerprint density at radius 1 is 1.11 bits per heavy atom. The third kappa shape index (κ3) is 4.25. The van der Waals surface area contributed by atoms with Crippen molar-refractivity contribution >= 4 is 23.4 Å². The van der Waals surface area contributed by atoms with Crippen LogP contribution in [0.25, 0.3) is 5.69 Å². The molecule has 146 valence electrons. The lowest BCUT2D eigenvalue weighted by Crippen LogP contribution is -2.17. The van der Waals surface area contributed by atoms with E-state index < -0.39 is 0 Å². The van der Waals surface area contributed by atoms with Crippen molar-refractivity contribution < 1.29 is 4.79 Å². The van der Waals surface area contributed by atoms with Gasteiger partial charge in [-0.05, 0) is 65.4 Å². The fourth-order valence-electron chi connectivity index (χ4n) is 3.03.